The molecule has 0 radical (unpaired) electrons. The number of benzene rings is 12. The van der Waals surface area contributed by atoms with Crippen LogP contribution in [0.4, 0.5) is 17.1 Å². The van der Waals surface area contributed by atoms with Crippen molar-refractivity contribution < 1.29 is 0 Å². The number of nitrogens with zero attached hydrogens (tertiary/aromatic N) is 1. The normalized spacial score (nSPS) is 11.5. The maximum Gasteiger partial charge on any atom is 0.0468 e. The molecule has 0 bridgehead atoms. The molecule has 0 saturated carbocycles. The highest BCUT2D eigenvalue weighted by molar-refractivity contribution is 6.33. The lowest BCUT2D eigenvalue weighted by Crippen LogP contribution is -2.09. The summed E-state index contributed by atoms with van der Waals surface area (Å²) in [5.74, 6) is 0. The van der Waals surface area contributed by atoms with Gasteiger partial charge in [-0.25, -0.2) is 0 Å². The molecule has 0 spiro atoms. The summed E-state index contributed by atoms with van der Waals surface area (Å²) < 4.78 is 0. The third-order valence-corrected chi connectivity index (χ3v) is 12.8. The highest BCUT2D eigenvalue weighted by atomic mass is 15.1. The first-order chi connectivity index (χ1) is 31.3. The molecule has 0 N–H and O–H groups in total. The van der Waals surface area contributed by atoms with Crippen LogP contribution in [0.15, 0.2) is 249 Å². The molecule has 12 aromatic carbocycles. The Labute approximate surface area is 367 Å². The van der Waals surface area contributed by atoms with Gasteiger partial charge in [-0.05, 0) is 153 Å². The first-order valence-corrected chi connectivity index (χ1v) is 21.8. The Balaban J connectivity index is 1.05. The number of fused-ring (bicyclic) bond motifs is 9. The Morgan fingerprint density at radius 1 is 0.222 bits per heavy atom. The molecule has 0 aliphatic rings. The lowest BCUT2D eigenvalue weighted by atomic mass is 9.81. The number of anilines is 3. The maximum atomic E-state index is 2.44. The summed E-state index contributed by atoms with van der Waals surface area (Å²) in [5.41, 5.74) is 13.2. The molecule has 0 aliphatic carbocycles. The van der Waals surface area contributed by atoms with E-state index in [1.165, 1.54) is 98.4 Å². The zero-order valence-electron chi connectivity index (χ0n) is 34.6. The van der Waals surface area contributed by atoms with E-state index >= 15 is 0 Å². The minimum Gasteiger partial charge on any atom is -0.310 e. The van der Waals surface area contributed by atoms with Crippen molar-refractivity contribution in [2.75, 3.05) is 4.90 Å². The molecule has 0 atom stereocenters. The zero-order chi connectivity index (χ0) is 41.7. The van der Waals surface area contributed by atoms with Gasteiger partial charge in [0.2, 0.25) is 0 Å². The van der Waals surface area contributed by atoms with Crippen LogP contribution >= 0.6 is 0 Å². The van der Waals surface area contributed by atoms with Gasteiger partial charge in [0.15, 0.2) is 0 Å². The highest BCUT2D eigenvalue weighted by Crippen LogP contribution is 2.49. The Morgan fingerprint density at radius 2 is 0.683 bits per heavy atom. The lowest BCUT2D eigenvalue weighted by molar-refractivity contribution is 1.29. The number of rotatable bonds is 7. The average molecular weight is 800 g/mol. The molecule has 0 fully saturated rings. The highest BCUT2D eigenvalue weighted by Gasteiger charge is 2.22. The standard InChI is InChI=1S/C62H41N/c1-6-18-42(19-7-1)57-41-58(43-20-8-2-9-21-43)61-56-36-33-46(40-59(56)54-28-16-17-29-55(54)62(61)60(57)44-22-10-3-11-23-44)45-32-35-52-47(38-45)30-31-48-39-51(34-37-53(48)52)63(49-24-12-4-13-25-49)50-26-14-5-15-27-50/h1-41H. The maximum absolute atomic E-state index is 2.44. The van der Waals surface area contributed by atoms with Crippen molar-refractivity contribution in [2.24, 2.45) is 0 Å². The fourth-order valence-corrected chi connectivity index (χ4v) is 9.91. The van der Waals surface area contributed by atoms with Crippen LogP contribution in [0.2, 0.25) is 0 Å². The minimum atomic E-state index is 1.13. The van der Waals surface area contributed by atoms with Crippen molar-refractivity contribution in [1.29, 1.82) is 0 Å². The van der Waals surface area contributed by atoms with Gasteiger partial charge in [-0.15, -0.1) is 0 Å². The molecule has 0 aliphatic heterocycles. The Morgan fingerprint density at radius 3 is 1.30 bits per heavy atom. The van der Waals surface area contributed by atoms with E-state index in [4.69, 9.17) is 0 Å². The fraction of sp³-hybridized carbons (Fsp3) is 0. The zero-order valence-corrected chi connectivity index (χ0v) is 34.6. The van der Waals surface area contributed by atoms with Crippen LogP contribution in [0.5, 0.6) is 0 Å². The van der Waals surface area contributed by atoms with E-state index in [1.54, 1.807) is 0 Å². The van der Waals surface area contributed by atoms with Crippen LogP contribution < -0.4 is 4.90 Å². The van der Waals surface area contributed by atoms with Crippen LogP contribution in [-0.2, 0) is 0 Å². The second kappa shape index (κ2) is 15.3. The summed E-state index contributed by atoms with van der Waals surface area (Å²) in [5, 5.41) is 12.5. The van der Waals surface area contributed by atoms with E-state index < -0.39 is 0 Å². The quantitative estimate of drug-likeness (QED) is 0.145. The predicted octanol–water partition coefficient (Wildman–Crippen LogP) is 17.6. The van der Waals surface area contributed by atoms with Crippen LogP contribution in [-0.4, -0.2) is 0 Å². The minimum absolute atomic E-state index is 1.13. The molecular formula is C62H41N. The van der Waals surface area contributed by atoms with Crippen molar-refractivity contribution >= 4 is 70.9 Å². The smallest absolute Gasteiger partial charge is 0.0468 e. The van der Waals surface area contributed by atoms with Gasteiger partial charge in [0.1, 0.15) is 0 Å². The van der Waals surface area contributed by atoms with E-state index in [9.17, 15) is 0 Å². The molecular weight excluding hydrogens is 759 g/mol. The van der Waals surface area contributed by atoms with Crippen LogP contribution in [0.3, 0.4) is 0 Å². The van der Waals surface area contributed by atoms with Gasteiger partial charge in [0.05, 0.1) is 0 Å². The first kappa shape index (κ1) is 36.6. The van der Waals surface area contributed by atoms with Crippen LogP contribution in [0.1, 0.15) is 0 Å². The Hall–Kier alpha value is -8.26. The van der Waals surface area contributed by atoms with Gasteiger partial charge in [-0.2, -0.15) is 0 Å². The third-order valence-electron chi connectivity index (χ3n) is 12.8. The Bertz CT molecular complexity index is 3600. The summed E-state index contributed by atoms with van der Waals surface area (Å²) in [6.45, 7) is 0. The van der Waals surface area contributed by atoms with E-state index in [0.717, 1.165) is 17.1 Å². The van der Waals surface area contributed by atoms with E-state index in [2.05, 4.69) is 254 Å². The van der Waals surface area contributed by atoms with Crippen molar-refractivity contribution in [3.63, 3.8) is 0 Å². The molecule has 1 nitrogen and oxygen atoms in total. The van der Waals surface area contributed by atoms with Crippen molar-refractivity contribution in [3.8, 4) is 44.5 Å². The summed E-state index contributed by atoms with van der Waals surface area (Å²) in [6, 6.07) is 91.0. The molecule has 12 aromatic rings. The summed E-state index contributed by atoms with van der Waals surface area (Å²) >= 11 is 0. The van der Waals surface area contributed by atoms with E-state index in [0.29, 0.717) is 0 Å². The molecule has 12 rings (SSSR count). The largest absolute Gasteiger partial charge is 0.310 e. The summed E-state index contributed by atoms with van der Waals surface area (Å²) in [6.07, 6.45) is 0. The van der Waals surface area contributed by atoms with Gasteiger partial charge in [0.25, 0.3) is 0 Å². The Kier molecular flexibility index (Phi) is 8.90. The van der Waals surface area contributed by atoms with Crippen molar-refractivity contribution in [2.45, 2.75) is 0 Å². The van der Waals surface area contributed by atoms with Crippen molar-refractivity contribution in [3.05, 3.63) is 249 Å². The number of hydrogen-bond acceptors (Lipinski definition) is 1. The second-order valence-electron chi connectivity index (χ2n) is 16.4. The van der Waals surface area contributed by atoms with E-state index in [-0.39, 0.29) is 0 Å². The summed E-state index contributed by atoms with van der Waals surface area (Å²) in [4.78, 5) is 2.33. The van der Waals surface area contributed by atoms with Gasteiger partial charge in [-0.1, -0.05) is 194 Å². The molecule has 0 aromatic heterocycles. The number of para-hydroxylation sites is 2. The van der Waals surface area contributed by atoms with Crippen molar-refractivity contribution in [1.82, 2.24) is 0 Å². The second-order valence-corrected chi connectivity index (χ2v) is 16.4. The fourth-order valence-electron chi connectivity index (χ4n) is 9.91. The number of hydrogen-bond donors (Lipinski definition) is 0. The molecule has 63 heavy (non-hydrogen) atoms. The molecule has 0 heterocycles. The van der Waals surface area contributed by atoms with Gasteiger partial charge in [-0.3, -0.25) is 0 Å². The molecule has 0 saturated heterocycles. The molecule has 0 amide bonds. The lowest BCUT2D eigenvalue weighted by Gasteiger charge is -2.25. The van der Waals surface area contributed by atoms with Gasteiger partial charge in [0, 0.05) is 17.1 Å². The van der Waals surface area contributed by atoms with E-state index in [1.807, 2.05) is 0 Å². The summed E-state index contributed by atoms with van der Waals surface area (Å²) in [7, 11) is 0. The predicted molar refractivity (Wildman–Crippen MR) is 270 cm³/mol. The first-order valence-electron chi connectivity index (χ1n) is 21.8. The third kappa shape index (κ3) is 6.33. The van der Waals surface area contributed by atoms with Gasteiger partial charge >= 0.3 is 0 Å². The van der Waals surface area contributed by atoms with Crippen LogP contribution in [0, 0.1) is 0 Å². The molecule has 1 heteroatoms. The molecule has 0 unspecified atom stereocenters. The molecule has 294 valence electrons. The van der Waals surface area contributed by atoms with Crippen LogP contribution in [0.25, 0.3) is 98.4 Å². The SMILES string of the molecule is c1ccc(-c2cc(-c3ccccc3)c3c4ccc(-c5ccc6c(ccc7cc(N(c8ccccc8)c8ccccc8)ccc76)c5)cc4c4ccccc4c3c2-c2ccccc2)cc1. The average Bonchev–Trinajstić information content (AvgIpc) is 3.37. The monoisotopic (exact) mass is 799 g/mol. The topological polar surface area (TPSA) is 3.24 Å². The van der Waals surface area contributed by atoms with Gasteiger partial charge < -0.3 is 4.90 Å².